The minimum absolute atomic E-state index is 0.136. The highest BCUT2D eigenvalue weighted by Crippen LogP contribution is 2.23. The molecular weight excluding hydrogens is 267 g/mol. The summed E-state index contributed by atoms with van der Waals surface area (Å²) in [5.41, 5.74) is 0.136. The van der Waals surface area contributed by atoms with Gasteiger partial charge in [-0.05, 0) is 38.1 Å². The van der Waals surface area contributed by atoms with E-state index in [2.05, 4.69) is 5.32 Å². The predicted octanol–water partition coefficient (Wildman–Crippen LogP) is 3.29. The van der Waals surface area contributed by atoms with Crippen LogP contribution in [-0.2, 0) is 4.79 Å². The lowest BCUT2D eigenvalue weighted by Crippen LogP contribution is -2.36. The summed E-state index contributed by atoms with van der Waals surface area (Å²) in [5, 5.41) is 2.97. The molecule has 0 saturated heterocycles. The van der Waals surface area contributed by atoms with E-state index in [-0.39, 0.29) is 18.1 Å². The topological polar surface area (TPSA) is 32.3 Å². The number of halogens is 2. The number of rotatable bonds is 4. The molecule has 0 aromatic heterocycles. The van der Waals surface area contributed by atoms with Gasteiger partial charge in [-0.1, -0.05) is 24.4 Å². The third-order valence-corrected chi connectivity index (χ3v) is 3.78. The molecule has 3 nitrogen and oxygen atoms in total. The minimum atomic E-state index is -0.471. The number of hydrogen-bond donors (Lipinski definition) is 1. The van der Waals surface area contributed by atoms with Crippen LogP contribution < -0.4 is 5.32 Å². The van der Waals surface area contributed by atoms with E-state index in [0.717, 1.165) is 12.8 Å². The zero-order chi connectivity index (χ0) is 13.8. The zero-order valence-electron chi connectivity index (χ0n) is 11.0. The van der Waals surface area contributed by atoms with Gasteiger partial charge in [0.2, 0.25) is 5.91 Å². The van der Waals surface area contributed by atoms with Crippen molar-refractivity contribution in [1.29, 1.82) is 0 Å². The van der Waals surface area contributed by atoms with Crippen molar-refractivity contribution in [1.82, 2.24) is 4.90 Å². The average Bonchev–Trinajstić information content (AvgIpc) is 2.87. The van der Waals surface area contributed by atoms with E-state index in [9.17, 15) is 9.18 Å². The summed E-state index contributed by atoms with van der Waals surface area (Å²) in [4.78, 5) is 13.9. The SMILES string of the molecule is CN(CC(=O)Nc1cc(Cl)ccc1F)C1CCCC1. The van der Waals surface area contributed by atoms with E-state index in [1.807, 2.05) is 11.9 Å². The molecule has 0 atom stereocenters. The van der Waals surface area contributed by atoms with Crippen molar-refractivity contribution in [2.75, 3.05) is 18.9 Å². The molecule has 1 fully saturated rings. The number of amides is 1. The van der Waals surface area contributed by atoms with Crippen LogP contribution in [0.15, 0.2) is 18.2 Å². The summed E-state index contributed by atoms with van der Waals surface area (Å²) in [5.74, 6) is -0.683. The average molecular weight is 285 g/mol. The van der Waals surface area contributed by atoms with E-state index >= 15 is 0 Å². The molecule has 0 aliphatic heterocycles. The second-order valence-electron chi connectivity index (χ2n) is 5.03. The Bertz CT molecular complexity index is 461. The molecule has 104 valence electrons. The summed E-state index contributed by atoms with van der Waals surface area (Å²) in [6.45, 7) is 0.274. The van der Waals surface area contributed by atoms with Crippen LogP contribution in [0.1, 0.15) is 25.7 Å². The third kappa shape index (κ3) is 3.91. The molecule has 1 N–H and O–H groups in total. The first-order valence-corrected chi connectivity index (χ1v) is 6.89. The van der Waals surface area contributed by atoms with Gasteiger partial charge in [0, 0.05) is 11.1 Å². The van der Waals surface area contributed by atoms with Crippen LogP contribution >= 0.6 is 11.6 Å². The summed E-state index contributed by atoms with van der Waals surface area (Å²) >= 11 is 5.78. The predicted molar refractivity (Wildman–Crippen MR) is 74.9 cm³/mol. The Balaban J connectivity index is 1.91. The molecule has 0 radical (unpaired) electrons. The van der Waals surface area contributed by atoms with Crippen LogP contribution in [0.3, 0.4) is 0 Å². The number of nitrogens with one attached hydrogen (secondary N) is 1. The lowest BCUT2D eigenvalue weighted by molar-refractivity contribution is -0.117. The molecule has 0 heterocycles. The van der Waals surface area contributed by atoms with E-state index in [1.165, 1.54) is 31.0 Å². The summed E-state index contributed by atoms with van der Waals surface area (Å²) in [7, 11) is 1.93. The van der Waals surface area contributed by atoms with Gasteiger partial charge in [-0.3, -0.25) is 9.69 Å². The Labute approximate surface area is 117 Å². The van der Waals surface area contributed by atoms with Crippen molar-refractivity contribution in [3.8, 4) is 0 Å². The van der Waals surface area contributed by atoms with Gasteiger partial charge >= 0.3 is 0 Å². The number of anilines is 1. The number of hydrogen-bond acceptors (Lipinski definition) is 2. The summed E-state index contributed by atoms with van der Waals surface area (Å²) in [6, 6.07) is 4.59. The number of benzene rings is 1. The van der Waals surface area contributed by atoms with Crippen molar-refractivity contribution in [3.05, 3.63) is 29.0 Å². The van der Waals surface area contributed by atoms with Gasteiger partial charge in [-0.15, -0.1) is 0 Å². The Kier molecular flexibility index (Phi) is 4.77. The smallest absolute Gasteiger partial charge is 0.238 e. The molecule has 1 saturated carbocycles. The summed E-state index contributed by atoms with van der Waals surface area (Å²) < 4.78 is 13.5. The molecule has 0 spiro atoms. The van der Waals surface area contributed by atoms with Crippen LogP contribution in [0.4, 0.5) is 10.1 Å². The highest BCUT2D eigenvalue weighted by molar-refractivity contribution is 6.30. The molecule has 0 unspecified atom stereocenters. The van der Waals surface area contributed by atoms with Gasteiger partial charge in [0.25, 0.3) is 0 Å². The van der Waals surface area contributed by atoms with Crippen LogP contribution in [0, 0.1) is 5.82 Å². The zero-order valence-corrected chi connectivity index (χ0v) is 11.7. The normalized spacial score (nSPS) is 16.0. The molecule has 1 aromatic carbocycles. The number of carbonyl (C=O) groups is 1. The van der Waals surface area contributed by atoms with Gasteiger partial charge in [-0.2, -0.15) is 0 Å². The maximum atomic E-state index is 13.5. The fourth-order valence-corrected chi connectivity index (χ4v) is 2.66. The van der Waals surface area contributed by atoms with Crippen LogP contribution in [0.5, 0.6) is 0 Å². The fourth-order valence-electron chi connectivity index (χ4n) is 2.48. The Hall–Kier alpha value is -1.13. The van der Waals surface area contributed by atoms with Gasteiger partial charge in [-0.25, -0.2) is 4.39 Å². The van der Waals surface area contributed by atoms with Crippen LogP contribution in [0.25, 0.3) is 0 Å². The standard InChI is InChI=1S/C14H18ClFN2O/c1-18(11-4-2-3-5-11)9-14(19)17-13-8-10(15)6-7-12(13)16/h6-8,11H,2-5,9H2,1H3,(H,17,19). The van der Waals surface area contributed by atoms with E-state index < -0.39 is 5.82 Å². The van der Waals surface area contributed by atoms with Crippen molar-refractivity contribution in [3.63, 3.8) is 0 Å². The molecule has 0 bridgehead atoms. The van der Waals surface area contributed by atoms with Gasteiger partial charge in [0.1, 0.15) is 5.82 Å². The number of carbonyl (C=O) groups excluding carboxylic acids is 1. The maximum Gasteiger partial charge on any atom is 0.238 e. The quantitative estimate of drug-likeness (QED) is 0.920. The molecule has 1 aliphatic carbocycles. The molecule has 5 heteroatoms. The number of likely N-dealkylation sites (N-methyl/N-ethyl adjacent to an activating group) is 1. The molecular formula is C14H18ClFN2O. The van der Waals surface area contributed by atoms with Gasteiger partial charge < -0.3 is 5.32 Å². The van der Waals surface area contributed by atoms with Crippen LogP contribution in [0.2, 0.25) is 5.02 Å². The first-order chi connectivity index (χ1) is 9.06. The minimum Gasteiger partial charge on any atom is -0.322 e. The lowest BCUT2D eigenvalue weighted by Gasteiger charge is -2.23. The second-order valence-corrected chi connectivity index (χ2v) is 5.46. The van der Waals surface area contributed by atoms with E-state index in [0.29, 0.717) is 11.1 Å². The highest BCUT2D eigenvalue weighted by Gasteiger charge is 2.21. The molecule has 1 aromatic rings. The Morgan fingerprint density at radius 3 is 2.84 bits per heavy atom. The third-order valence-electron chi connectivity index (χ3n) is 3.54. The molecule has 2 rings (SSSR count). The maximum absolute atomic E-state index is 13.5. The monoisotopic (exact) mass is 284 g/mol. The van der Waals surface area contributed by atoms with Crippen molar-refractivity contribution < 1.29 is 9.18 Å². The van der Waals surface area contributed by atoms with Crippen molar-refractivity contribution in [2.24, 2.45) is 0 Å². The van der Waals surface area contributed by atoms with E-state index in [4.69, 9.17) is 11.6 Å². The Morgan fingerprint density at radius 2 is 2.16 bits per heavy atom. The molecule has 1 aliphatic rings. The Morgan fingerprint density at radius 1 is 1.47 bits per heavy atom. The van der Waals surface area contributed by atoms with Crippen LogP contribution in [-0.4, -0.2) is 30.4 Å². The van der Waals surface area contributed by atoms with Gasteiger partial charge in [0.15, 0.2) is 0 Å². The van der Waals surface area contributed by atoms with Gasteiger partial charge in [0.05, 0.1) is 12.2 Å². The fraction of sp³-hybridized carbons (Fsp3) is 0.500. The molecule has 19 heavy (non-hydrogen) atoms. The lowest BCUT2D eigenvalue weighted by atomic mass is 10.2. The van der Waals surface area contributed by atoms with Crippen molar-refractivity contribution in [2.45, 2.75) is 31.7 Å². The first-order valence-electron chi connectivity index (χ1n) is 6.51. The molecule has 1 amide bonds. The summed E-state index contributed by atoms with van der Waals surface area (Å²) in [6.07, 6.45) is 4.71. The number of nitrogens with zero attached hydrogens (tertiary/aromatic N) is 1. The highest BCUT2D eigenvalue weighted by atomic mass is 35.5. The van der Waals surface area contributed by atoms with E-state index in [1.54, 1.807) is 0 Å². The largest absolute Gasteiger partial charge is 0.322 e. The second kappa shape index (κ2) is 6.35. The van der Waals surface area contributed by atoms with Crippen molar-refractivity contribution >= 4 is 23.2 Å². The first kappa shape index (κ1) is 14.3.